The smallest absolute Gasteiger partial charge is 0.0502 e. The Hall–Kier alpha value is -1.60. The van der Waals surface area contributed by atoms with Crippen LogP contribution < -0.4 is 0 Å². The second-order valence-electron chi connectivity index (χ2n) is 3.98. The number of benzene rings is 2. The predicted molar refractivity (Wildman–Crippen MR) is 66.4 cm³/mol. The Kier molecular flexibility index (Phi) is 3.73. The Morgan fingerprint density at radius 1 is 0.812 bits per heavy atom. The zero-order chi connectivity index (χ0) is 11.2. The highest BCUT2D eigenvalue weighted by atomic mass is 16.3. The molecule has 2 rings (SSSR count). The number of rotatable bonds is 4. The first-order chi connectivity index (χ1) is 7.90. The molecule has 0 bridgehead atoms. The van der Waals surface area contributed by atoms with Gasteiger partial charge in [0.05, 0.1) is 6.61 Å². The summed E-state index contributed by atoms with van der Waals surface area (Å²) in [6.45, 7) is 0.193. The van der Waals surface area contributed by atoms with Gasteiger partial charge in [-0.1, -0.05) is 60.7 Å². The molecule has 0 heterocycles. The van der Waals surface area contributed by atoms with Crippen LogP contribution in [0.3, 0.4) is 0 Å². The molecule has 0 saturated carbocycles. The van der Waals surface area contributed by atoms with E-state index >= 15 is 0 Å². The Bertz CT molecular complexity index is 408. The minimum absolute atomic E-state index is 0.193. The van der Waals surface area contributed by atoms with E-state index in [1.54, 1.807) is 0 Å². The molecule has 1 N–H and O–H groups in total. The van der Waals surface area contributed by atoms with E-state index in [9.17, 15) is 5.11 Å². The third-order valence-corrected chi connectivity index (χ3v) is 2.82. The lowest BCUT2D eigenvalue weighted by molar-refractivity contribution is 0.264. The highest BCUT2D eigenvalue weighted by molar-refractivity contribution is 5.24. The van der Waals surface area contributed by atoms with Gasteiger partial charge < -0.3 is 5.11 Å². The molecule has 0 saturated heterocycles. The van der Waals surface area contributed by atoms with Gasteiger partial charge in [-0.25, -0.2) is 0 Å². The van der Waals surface area contributed by atoms with Crippen LogP contribution in [0.15, 0.2) is 60.7 Å². The second kappa shape index (κ2) is 5.47. The summed E-state index contributed by atoms with van der Waals surface area (Å²) in [4.78, 5) is 0. The van der Waals surface area contributed by atoms with Crippen LogP contribution in [-0.2, 0) is 6.42 Å². The molecule has 0 fully saturated rings. The standard InChI is InChI=1S/C15H16O/c16-12-15(14-9-5-2-6-10-14)11-13-7-3-1-4-8-13/h1-10,15-16H,11-12H2/t15-/m1/s1. The fourth-order valence-electron chi connectivity index (χ4n) is 1.91. The maximum absolute atomic E-state index is 9.44. The van der Waals surface area contributed by atoms with E-state index in [4.69, 9.17) is 0 Å². The molecule has 0 spiro atoms. The molecule has 0 radical (unpaired) electrons. The molecule has 0 aromatic heterocycles. The van der Waals surface area contributed by atoms with Crippen molar-refractivity contribution < 1.29 is 5.11 Å². The van der Waals surface area contributed by atoms with Crippen LogP contribution in [0.25, 0.3) is 0 Å². The zero-order valence-electron chi connectivity index (χ0n) is 9.21. The molecular formula is C15H16O. The van der Waals surface area contributed by atoms with Crippen molar-refractivity contribution in [2.75, 3.05) is 6.61 Å². The van der Waals surface area contributed by atoms with Gasteiger partial charge >= 0.3 is 0 Å². The van der Waals surface area contributed by atoms with Crippen LogP contribution >= 0.6 is 0 Å². The van der Waals surface area contributed by atoms with E-state index in [-0.39, 0.29) is 12.5 Å². The monoisotopic (exact) mass is 212 g/mol. The van der Waals surface area contributed by atoms with Gasteiger partial charge in [0.25, 0.3) is 0 Å². The average molecular weight is 212 g/mol. The maximum atomic E-state index is 9.44. The van der Waals surface area contributed by atoms with E-state index in [1.807, 2.05) is 36.4 Å². The maximum Gasteiger partial charge on any atom is 0.0502 e. The molecule has 0 amide bonds. The summed E-state index contributed by atoms with van der Waals surface area (Å²) in [6, 6.07) is 20.5. The summed E-state index contributed by atoms with van der Waals surface area (Å²) in [6.07, 6.45) is 0.890. The number of hydrogen-bond donors (Lipinski definition) is 1. The van der Waals surface area contributed by atoms with Gasteiger partial charge in [-0.05, 0) is 17.5 Å². The SMILES string of the molecule is OC[C@@H](Cc1ccccc1)c1ccccc1. The molecule has 1 atom stereocenters. The van der Waals surface area contributed by atoms with Gasteiger partial charge in [0.1, 0.15) is 0 Å². The Morgan fingerprint density at radius 2 is 1.38 bits per heavy atom. The lowest BCUT2D eigenvalue weighted by Crippen LogP contribution is -2.07. The Labute approximate surface area is 96.4 Å². The fourth-order valence-corrected chi connectivity index (χ4v) is 1.91. The first-order valence-electron chi connectivity index (χ1n) is 5.60. The molecule has 16 heavy (non-hydrogen) atoms. The van der Waals surface area contributed by atoms with Gasteiger partial charge in [-0.15, -0.1) is 0 Å². The quantitative estimate of drug-likeness (QED) is 0.826. The average Bonchev–Trinajstić information content (AvgIpc) is 2.38. The number of hydrogen-bond acceptors (Lipinski definition) is 1. The molecule has 2 aromatic carbocycles. The van der Waals surface area contributed by atoms with Crippen molar-refractivity contribution in [1.82, 2.24) is 0 Å². The van der Waals surface area contributed by atoms with Gasteiger partial charge in [0, 0.05) is 5.92 Å². The fraction of sp³-hybridized carbons (Fsp3) is 0.200. The molecule has 0 aliphatic heterocycles. The van der Waals surface area contributed by atoms with Crippen molar-refractivity contribution >= 4 is 0 Å². The highest BCUT2D eigenvalue weighted by Crippen LogP contribution is 2.19. The minimum atomic E-state index is 0.193. The van der Waals surface area contributed by atoms with Crippen molar-refractivity contribution in [3.63, 3.8) is 0 Å². The number of aliphatic hydroxyl groups is 1. The van der Waals surface area contributed by atoms with Crippen LogP contribution in [0, 0.1) is 0 Å². The summed E-state index contributed by atoms with van der Waals surface area (Å²) in [5.74, 6) is 0.198. The van der Waals surface area contributed by atoms with Crippen LogP contribution in [0.4, 0.5) is 0 Å². The van der Waals surface area contributed by atoms with Crippen LogP contribution in [0.5, 0.6) is 0 Å². The molecule has 82 valence electrons. The van der Waals surface area contributed by atoms with Gasteiger partial charge in [0.15, 0.2) is 0 Å². The van der Waals surface area contributed by atoms with Crippen molar-refractivity contribution in [3.05, 3.63) is 71.8 Å². The van der Waals surface area contributed by atoms with Gasteiger partial charge in [-0.2, -0.15) is 0 Å². The minimum Gasteiger partial charge on any atom is -0.396 e. The first-order valence-corrected chi connectivity index (χ1v) is 5.60. The normalized spacial score (nSPS) is 12.3. The topological polar surface area (TPSA) is 20.2 Å². The predicted octanol–water partition coefficient (Wildman–Crippen LogP) is 3.01. The van der Waals surface area contributed by atoms with Crippen molar-refractivity contribution in [2.45, 2.75) is 12.3 Å². The van der Waals surface area contributed by atoms with E-state index in [0.29, 0.717) is 0 Å². The molecule has 0 aliphatic carbocycles. The van der Waals surface area contributed by atoms with Crippen molar-refractivity contribution in [1.29, 1.82) is 0 Å². The molecular weight excluding hydrogens is 196 g/mol. The van der Waals surface area contributed by atoms with Crippen molar-refractivity contribution in [3.8, 4) is 0 Å². The van der Waals surface area contributed by atoms with Gasteiger partial charge in [0.2, 0.25) is 0 Å². The van der Waals surface area contributed by atoms with Crippen LogP contribution in [0.1, 0.15) is 17.0 Å². The summed E-state index contributed by atoms with van der Waals surface area (Å²) in [5, 5.41) is 9.44. The lowest BCUT2D eigenvalue weighted by Gasteiger charge is -2.14. The summed E-state index contributed by atoms with van der Waals surface area (Å²) in [7, 11) is 0. The van der Waals surface area contributed by atoms with Crippen LogP contribution in [0.2, 0.25) is 0 Å². The van der Waals surface area contributed by atoms with E-state index < -0.39 is 0 Å². The Morgan fingerprint density at radius 3 is 1.94 bits per heavy atom. The van der Waals surface area contributed by atoms with Gasteiger partial charge in [-0.3, -0.25) is 0 Å². The van der Waals surface area contributed by atoms with Crippen molar-refractivity contribution in [2.24, 2.45) is 0 Å². The number of aliphatic hydroxyl groups excluding tert-OH is 1. The van der Waals surface area contributed by atoms with E-state index in [2.05, 4.69) is 24.3 Å². The van der Waals surface area contributed by atoms with Crippen LogP contribution in [-0.4, -0.2) is 11.7 Å². The summed E-state index contributed by atoms with van der Waals surface area (Å²) >= 11 is 0. The van der Waals surface area contributed by atoms with E-state index in [0.717, 1.165) is 6.42 Å². The third-order valence-electron chi connectivity index (χ3n) is 2.82. The zero-order valence-corrected chi connectivity index (χ0v) is 9.21. The molecule has 2 aromatic rings. The lowest BCUT2D eigenvalue weighted by atomic mass is 9.93. The highest BCUT2D eigenvalue weighted by Gasteiger charge is 2.10. The Balaban J connectivity index is 2.13. The van der Waals surface area contributed by atoms with E-state index in [1.165, 1.54) is 11.1 Å². The summed E-state index contributed by atoms with van der Waals surface area (Å²) in [5.41, 5.74) is 2.47. The molecule has 1 heteroatoms. The second-order valence-corrected chi connectivity index (χ2v) is 3.98. The molecule has 0 unspecified atom stereocenters. The largest absolute Gasteiger partial charge is 0.396 e. The molecule has 1 nitrogen and oxygen atoms in total. The molecule has 0 aliphatic rings. The summed E-state index contributed by atoms with van der Waals surface area (Å²) < 4.78 is 0. The first kappa shape index (κ1) is 10.9. The third kappa shape index (κ3) is 2.71.